The summed E-state index contributed by atoms with van der Waals surface area (Å²) in [7, 11) is -2.31. The van der Waals surface area contributed by atoms with Crippen LogP contribution in [-0.4, -0.2) is 21.8 Å². The molecule has 0 spiro atoms. The Bertz CT molecular complexity index is 1580. The summed E-state index contributed by atoms with van der Waals surface area (Å²) in [5.74, 6) is 0. The third-order valence-electron chi connectivity index (χ3n) is 5.18. The number of nitrogens with one attached hydrogen (secondary N) is 1. The molecule has 0 amide bonds. The van der Waals surface area contributed by atoms with Crippen molar-refractivity contribution in [3.05, 3.63) is 69.4 Å². The topological polar surface area (TPSA) is 93.2 Å². The Morgan fingerprint density at radius 3 is 2.21 bits per heavy atom. The lowest BCUT2D eigenvalue weighted by atomic mass is 9.98. The van der Waals surface area contributed by atoms with Crippen molar-refractivity contribution in [2.24, 2.45) is 0 Å². The number of aryl methyl sites for hydroxylation is 1. The largest absolute Gasteiger partial charge is 0.271 e. The van der Waals surface area contributed by atoms with Gasteiger partial charge in [-0.05, 0) is 41.7 Å². The summed E-state index contributed by atoms with van der Waals surface area (Å²) >= 11 is 8.31. The fraction of sp³-hybridized carbons (Fsp3) is 0.0952. The number of nitrogens with zero attached hydrogens (tertiary/aromatic N) is 1. The monoisotopic (exact) mass is 556 g/mol. The van der Waals surface area contributed by atoms with Crippen molar-refractivity contribution < 1.29 is 16.8 Å². The van der Waals surface area contributed by atoms with Gasteiger partial charge >= 0.3 is 0 Å². The highest BCUT2D eigenvalue weighted by molar-refractivity contribution is 8.15. The van der Waals surface area contributed by atoms with Crippen LogP contribution in [0.5, 0.6) is 0 Å². The van der Waals surface area contributed by atoms with Gasteiger partial charge < -0.3 is 0 Å². The molecule has 2 aromatic heterocycles. The molecular weight excluding hydrogens is 543 g/mol. The van der Waals surface area contributed by atoms with E-state index in [0.29, 0.717) is 34.0 Å². The molecule has 0 saturated carbocycles. The molecule has 0 aliphatic heterocycles. The maximum absolute atomic E-state index is 13.0. The Balaban J connectivity index is 1.47. The molecule has 0 saturated heterocycles. The molecule has 2 aromatic carbocycles. The molecule has 0 bridgehead atoms. The summed E-state index contributed by atoms with van der Waals surface area (Å²) in [5.41, 5.74) is 3.33. The van der Waals surface area contributed by atoms with Gasteiger partial charge in [-0.2, -0.15) is 0 Å². The van der Waals surface area contributed by atoms with E-state index in [1.807, 2.05) is 30.3 Å². The maximum Gasteiger partial charge on any atom is 0.271 e. The number of anilines is 1. The number of sulfonamides is 1. The van der Waals surface area contributed by atoms with Crippen molar-refractivity contribution >= 4 is 69.2 Å². The van der Waals surface area contributed by atoms with Crippen molar-refractivity contribution in [1.82, 2.24) is 4.98 Å². The fourth-order valence-corrected chi connectivity index (χ4v) is 8.88. The third kappa shape index (κ3) is 4.31. The lowest BCUT2D eigenvalue weighted by molar-refractivity contribution is 0.601. The van der Waals surface area contributed by atoms with Crippen molar-refractivity contribution in [1.29, 1.82) is 0 Å². The van der Waals surface area contributed by atoms with E-state index in [1.165, 1.54) is 23.5 Å². The molecule has 0 atom stereocenters. The molecule has 4 aromatic rings. The van der Waals surface area contributed by atoms with Crippen LogP contribution in [-0.2, 0) is 31.9 Å². The second-order valence-electron chi connectivity index (χ2n) is 7.24. The first kappa shape index (κ1) is 22.8. The van der Waals surface area contributed by atoms with Crippen LogP contribution in [0, 0.1) is 0 Å². The molecule has 170 valence electrons. The van der Waals surface area contributed by atoms with Gasteiger partial charge in [0, 0.05) is 21.1 Å². The minimum Gasteiger partial charge on any atom is -0.255 e. The number of fused-ring (bicyclic) bond motifs is 3. The standard InChI is InChI=1S/C21H14Cl2N2O4S4/c22-19-15-10-11-16-18(17(15)20(31-19)32(23,26)27)24-21(30-16)25-33(28,29)14-8-6-13(7-9-14)12-4-2-1-3-5-12/h1-9H,10-11H2,(H,24,25). The Morgan fingerprint density at radius 1 is 0.879 bits per heavy atom. The van der Waals surface area contributed by atoms with Crippen LogP contribution in [0.3, 0.4) is 0 Å². The molecule has 2 heterocycles. The normalized spacial score (nSPS) is 13.4. The number of hydrogen-bond acceptors (Lipinski definition) is 7. The number of hydrogen-bond donors (Lipinski definition) is 1. The second kappa shape index (κ2) is 8.37. The van der Waals surface area contributed by atoms with E-state index < -0.39 is 19.1 Å². The lowest BCUT2D eigenvalue weighted by Gasteiger charge is -2.11. The highest BCUT2D eigenvalue weighted by Crippen LogP contribution is 2.49. The van der Waals surface area contributed by atoms with Gasteiger partial charge in [-0.25, -0.2) is 21.8 Å². The summed E-state index contributed by atoms with van der Waals surface area (Å²) in [6.45, 7) is 0. The summed E-state index contributed by atoms with van der Waals surface area (Å²) in [5, 5.41) is 0.153. The van der Waals surface area contributed by atoms with Crippen molar-refractivity contribution in [2.45, 2.75) is 21.9 Å². The number of thiazole rings is 1. The Morgan fingerprint density at radius 2 is 1.55 bits per heavy atom. The minimum absolute atomic E-state index is 0.0682. The van der Waals surface area contributed by atoms with Crippen LogP contribution in [0.2, 0.25) is 4.34 Å². The van der Waals surface area contributed by atoms with E-state index in [0.717, 1.165) is 27.3 Å². The summed E-state index contributed by atoms with van der Waals surface area (Å²) < 4.78 is 52.8. The predicted octanol–water partition coefficient (Wildman–Crippen LogP) is 6.02. The zero-order valence-electron chi connectivity index (χ0n) is 16.6. The van der Waals surface area contributed by atoms with Crippen LogP contribution in [0.15, 0.2) is 63.7 Å². The van der Waals surface area contributed by atoms with Crippen LogP contribution in [0.4, 0.5) is 5.13 Å². The molecular formula is C21H14Cl2N2O4S4. The van der Waals surface area contributed by atoms with Gasteiger partial charge in [-0.1, -0.05) is 54.1 Å². The Kier molecular flexibility index (Phi) is 5.79. The Hall–Kier alpha value is -1.95. The maximum atomic E-state index is 13.0. The van der Waals surface area contributed by atoms with Crippen molar-refractivity contribution in [3.63, 3.8) is 0 Å². The van der Waals surface area contributed by atoms with Gasteiger partial charge in [-0.3, -0.25) is 4.72 Å². The third-order valence-corrected chi connectivity index (χ3v) is 11.3. The summed E-state index contributed by atoms with van der Waals surface area (Å²) in [4.78, 5) is 5.28. The Labute approximate surface area is 208 Å². The van der Waals surface area contributed by atoms with Crippen LogP contribution >= 0.6 is 45.0 Å². The summed E-state index contributed by atoms with van der Waals surface area (Å²) in [6, 6.07) is 16.2. The molecule has 1 aliphatic carbocycles. The van der Waals surface area contributed by atoms with Crippen LogP contribution in [0.25, 0.3) is 22.4 Å². The number of benzene rings is 2. The highest BCUT2D eigenvalue weighted by Gasteiger charge is 2.33. The van der Waals surface area contributed by atoms with Gasteiger partial charge in [0.25, 0.3) is 19.1 Å². The van der Waals surface area contributed by atoms with E-state index in [2.05, 4.69) is 9.71 Å². The van der Waals surface area contributed by atoms with E-state index >= 15 is 0 Å². The number of aromatic nitrogens is 1. The SMILES string of the molecule is O=S(=O)(Cl)c1sc(Cl)c2c1-c1nc(NS(=O)(=O)c3ccc(-c4ccccc4)cc3)sc1CC2. The van der Waals surface area contributed by atoms with E-state index in [1.54, 1.807) is 12.1 Å². The molecule has 0 radical (unpaired) electrons. The average molecular weight is 558 g/mol. The smallest absolute Gasteiger partial charge is 0.255 e. The number of thiophene rings is 1. The van der Waals surface area contributed by atoms with E-state index in [4.69, 9.17) is 22.3 Å². The predicted molar refractivity (Wildman–Crippen MR) is 134 cm³/mol. The molecule has 12 heteroatoms. The van der Waals surface area contributed by atoms with Crippen LogP contribution < -0.4 is 4.72 Å². The van der Waals surface area contributed by atoms with Gasteiger partial charge in [0.05, 0.1) is 14.9 Å². The summed E-state index contributed by atoms with van der Waals surface area (Å²) in [6.07, 6.45) is 1.10. The second-order valence-corrected chi connectivity index (χ2v) is 14.4. The van der Waals surface area contributed by atoms with Crippen molar-refractivity contribution in [3.8, 4) is 22.4 Å². The van der Waals surface area contributed by atoms with Gasteiger partial charge in [0.1, 0.15) is 4.21 Å². The fourth-order valence-electron chi connectivity index (χ4n) is 3.68. The number of rotatable bonds is 5. The number of halogens is 2. The highest BCUT2D eigenvalue weighted by atomic mass is 35.7. The van der Waals surface area contributed by atoms with E-state index in [-0.39, 0.29) is 14.2 Å². The molecule has 6 nitrogen and oxygen atoms in total. The van der Waals surface area contributed by atoms with Gasteiger partial charge in [0.2, 0.25) is 0 Å². The van der Waals surface area contributed by atoms with Gasteiger partial charge in [-0.15, -0.1) is 22.7 Å². The minimum atomic E-state index is -4.03. The molecule has 1 aliphatic rings. The van der Waals surface area contributed by atoms with Crippen molar-refractivity contribution in [2.75, 3.05) is 4.72 Å². The molecule has 0 fully saturated rings. The molecule has 1 N–H and O–H groups in total. The zero-order chi connectivity index (χ0) is 23.4. The van der Waals surface area contributed by atoms with Crippen LogP contribution in [0.1, 0.15) is 10.4 Å². The zero-order valence-corrected chi connectivity index (χ0v) is 21.4. The first-order valence-corrected chi connectivity index (χ1v) is 15.4. The first-order chi connectivity index (χ1) is 15.6. The molecule has 33 heavy (non-hydrogen) atoms. The molecule has 0 unspecified atom stereocenters. The first-order valence-electron chi connectivity index (χ1n) is 9.58. The van der Waals surface area contributed by atoms with Gasteiger partial charge in [0.15, 0.2) is 5.13 Å². The molecule has 5 rings (SSSR count). The van der Waals surface area contributed by atoms with E-state index in [9.17, 15) is 16.8 Å². The quantitative estimate of drug-likeness (QED) is 0.303. The lowest BCUT2D eigenvalue weighted by Crippen LogP contribution is -2.12. The average Bonchev–Trinajstić information content (AvgIpc) is 3.34.